The molecule has 0 aromatic rings. The first-order chi connectivity index (χ1) is 3.34. The molecule has 0 radical (unpaired) electrons. The van der Waals surface area contributed by atoms with Gasteiger partial charge in [-0.3, -0.25) is 0 Å². The Balaban J connectivity index is 2.16. The Morgan fingerprint density at radius 1 is 1.86 bits per heavy atom. The number of halogens is 1. The van der Waals surface area contributed by atoms with E-state index in [-0.39, 0.29) is 0 Å². The molecule has 2 atom stereocenters. The normalized spacial score (nSPS) is 40.3. The van der Waals surface area contributed by atoms with Crippen molar-refractivity contribution in [2.75, 3.05) is 11.9 Å². The standard InChI is InChI=1S/C5H9BrO/c1-4-3-7-5(4)2-6/h4-5H,2-3H2,1H3/t4-,5-/m0/s1. The lowest BCUT2D eigenvalue weighted by Crippen LogP contribution is -2.38. The fourth-order valence-electron chi connectivity index (χ4n) is 0.621. The molecule has 0 unspecified atom stereocenters. The molecule has 0 aromatic heterocycles. The maximum atomic E-state index is 5.15. The number of hydrogen-bond acceptors (Lipinski definition) is 1. The zero-order valence-corrected chi connectivity index (χ0v) is 5.94. The molecule has 1 nitrogen and oxygen atoms in total. The molecule has 0 bridgehead atoms. The number of alkyl halides is 1. The van der Waals surface area contributed by atoms with Gasteiger partial charge >= 0.3 is 0 Å². The summed E-state index contributed by atoms with van der Waals surface area (Å²) in [5.41, 5.74) is 0. The number of rotatable bonds is 1. The molecule has 1 rings (SSSR count). The van der Waals surface area contributed by atoms with Crippen molar-refractivity contribution >= 4 is 15.9 Å². The Morgan fingerprint density at radius 3 is 2.57 bits per heavy atom. The predicted octanol–water partition coefficient (Wildman–Crippen LogP) is 1.42. The second-order valence-electron chi connectivity index (χ2n) is 2.00. The van der Waals surface area contributed by atoms with E-state index in [0.717, 1.165) is 17.9 Å². The molecular formula is C5H9BrO. The average molecular weight is 165 g/mol. The molecule has 0 spiro atoms. The molecule has 1 heterocycles. The van der Waals surface area contributed by atoms with Crippen LogP contribution in [0.2, 0.25) is 0 Å². The number of hydrogen-bond donors (Lipinski definition) is 0. The zero-order valence-electron chi connectivity index (χ0n) is 4.36. The first-order valence-corrected chi connectivity index (χ1v) is 3.64. The summed E-state index contributed by atoms with van der Waals surface area (Å²) in [7, 11) is 0. The number of ether oxygens (including phenoxy) is 1. The molecule has 1 fully saturated rings. The van der Waals surface area contributed by atoms with E-state index in [2.05, 4.69) is 22.9 Å². The van der Waals surface area contributed by atoms with E-state index >= 15 is 0 Å². The van der Waals surface area contributed by atoms with Crippen molar-refractivity contribution in [2.45, 2.75) is 13.0 Å². The first kappa shape index (κ1) is 5.57. The molecule has 0 amide bonds. The summed E-state index contributed by atoms with van der Waals surface area (Å²) < 4.78 is 5.15. The van der Waals surface area contributed by atoms with E-state index in [4.69, 9.17) is 4.74 Å². The lowest BCUT2D eigenvalue weighted by Gasteiger charge is -2.32. The minimum Gasteiger partial charge on any atom is -0.377 e. The summed E-state index contributed by atoms with van der Waals surface area (Å²) in [5, 5.41) is 0.994. The average Bonchev–Trinajstić information content (AvgIpc) is 1.65. The lowest BCUT2D eigenvalue weighted by atomic mass is 10.0. The Hall–Kier alpha value is 0.440. The molecule has 0 aliphatic carbocycles. The Kier molecular flexibility index (Phi) is 1.70. The highest BCUT2D eigenvalue weighted by atomic mass is 79.9. The van der Waals surface area contributed by atoms with Crippen LogP contribution in [0.25, 0.3) is 0 Å². The minimum atomic E-state index is 0.500. The van der Waals surface area contributed by atoms with Crippen molar-refractivity contribution in [3.63, 3.8) is 0 Å². The van der Waals surface area contributed by atoms with Gasteiger partial charge in [-0.1, -0.05) is 22.9 Å². The van der Waals surface area contributed by atoms with Gasteiger partial charge in [0.05, 0.1) is 12.7 Å². The van der Waals surface area contributed by atoms with E-state index in [1.807, 2.05) is 0 Å². The van der Waals surface area contributed by atoms with Crippen LogP contribution in [0.15, 0.2) is 0 Å². The SMILES string of the molecule is C[C@H]1CO[C@H]1CBr. The fraction of sp³-hybridized carbons (Fsp3) is 1.00. The molecule has 1 saturated heterocycles. The van der Waals surface area contributed by atoms with Gasteiger partial charge in [0, 0.05) is 11.2 Å². The van der Waals surface area contributed by atoms with Gasteiger partial charge in [0.2, 0.25) is 0 Å². The van der Waals surface area contributed by atoms with Crippen molar-refractivity contribution in [1.82, 2.24) is 0 Å². The lowest BCUT2D eigenvalue weighted by molar-refractivity contribution is -0.0900. The molecule has 0 saturated carbocycles. The molecule has 0 aromatic carbocycles. The van der Waals surface area contributed by atoms with Crippen LogP contribution in [-0.2, 0) is 4.74 Å². The second kappa shape index (κ2) is 2.14. The third kappa shape index (κ3) is 0.970. The third-order valence-corrected chi connectivity index (χ3v) is 2.00. The summed E-state index contributed by atoms with van der Waals surface area (Å²) in [4.78, 5) is 0. The highest BCUT2D eigenvalue weighted by Gasteiger charge is 2.25. The smallest absolute Gasteiger partial charge is 0.0719 e. The van der Waals surface area contributed by atoms with Crippen LogP contribution < -0.4 is 0 Å². The van der Waals surface area contributed by atoms with Crippen molar-refractivity contribution in [1.29, 1.82) is 0 Å². The summed E-state index contributed by atoms with van der Waals surface area (Å²) in [5.74, 6) is 0.777. The molecular weight excluding hydrogens is 156 g/mol. The van der Waals surface area contributed by atoms with Gasteiger partial charge in [-0.05, 0) is 0 Å². The van der Waals surface area contributed by atoms with E-state index in [9.17, 15) is 0 Å². The zero-order chi connectivity index (χ0) is 5.28. The maximum Gasteiger partial charge on any atom is 0.0719 e. The van der Waals surface area contributed by atoms with Crippen LogP contribution in [0.4, 0.5) is 0 Å². The van der Waals surface area contributed by atoms with Gasteiger partial charge in [0.25, 0.3) is 0 Å². The van der Waals surface area contributed by atoms with E-state index in [1.165, 1.54) is 0 Å². The quantitative estimate of drug-likeness (QED) is 0.534. The second-order valence-corrected chi connectivity index (χ2v) is 2.65. The Bertz CT molecular complexity index is 63.1. The molecule has 1 aliphatic rings. The van der Waals surface area contributed by atoms with Gasteiger partial charge in [-0.15, -0.1) is 0 Å². The summed E-state index contributed by atoms with van der Waals surface area (Å²) in [6.07, 6.45) is 0.500. The van der Waals surface area contributed by atoms with Crippen molar-refractivity contribution < 1.29 is 4.74 Å². The first-order valence-electron chi connectivity index (χ1n) is 2.52. The summed E-state index contributed by atoms with van der Waals surface area (Å²) >= 11 is 3.34. The molecule has 7 heavy (non-hydrogen) atoms. The fourth-order valence-corrected chi connectivity index (χ4v) is 1.45. The Morgan fingerprint density at radius 2 is 2.57 bits per heavy atom. The summed E-state index contributed by atoms with van der Waals surface area (Å²) in [6, 6.07) is 0. The van der Waals surface area contributed by atoms with Crippen LogP contribution in [0, 0.1) is 5.92 Å². The van der Waals surface area contributed by atoms with Gasteiger partial charge in [0.1, 0.15) is 0 Å². The summed E-state index contributed by atoms with van der Waals surface area (Å²) in [6.45, 7) is 3.16. The Labute approximate surface area is 52.2 Å². The van der Waals surface area contributed by atoms with Crippen molar-refractivity contribution in [3.8, 4) is 0 Å². The van der Waals surface area contributed by atoms with E-state index in [1.54, 1.807) is 0 Å². The van der Waals surface area contributed by atoms with Crippen LogP contribution in [-0.4, -0.2) is 18.0 Å². The van der Waals surface area contributed by atoms with Crippen LogP contribution in [0.3, 0.4) is 0 Å². The maximum absolute atomic E-state index is 5.15. The van der Waals surface area contributed by atoms with Crippen molar-refractivity contribution in [3.05, 3.63) is 0 Å². The van der Waals surface area contributed by atoms with Gasteiger partial charge in [-0.2, -0.15) is 0 Å². The minimum absolute atomic E-state index is 0.500. The third-order valence-electron chi connectivity index (χ3n) is 1.36. The largest absolute Gasteiger partial charge is 0.377 e. The highest BCUT2D eigenvalue weighted by Crippen LogP contribution is 2.20. The monoisotopic (exact) mass is 164 g/mol. The van der Waals surface area contributed by atoms with Crippen LogP contribution in [0.1, 0.15) is 6.92 Å². The van der Waals surface area contributed by atoms with Gasteiger partial charge < -0.3 is 4.74 Å². The van der Waals surface area contributed by atoms with Crippen LogP contribution in [0.5, 0.6) is 0 Å². The molecule has 0 N–H and O–H groups in total. The van der Waals surface area contributed by atoms with E-state index in [0.29, 0.717) is 6.10 Å². The van der Waals surface area contributed by atoms with Gasteiger partial charge in [-0.25, -0.2) is 0 Å². The predicted molar refractivity (Wildman–Crippen MR) is 32.7 cm³/mol. The van der Waals surface area contributed by atoms with Gasteiger partial charge in [0.15, 0.2) is 0 Å². The topological polar surface area (TPSA) is 9.23 Å². The molecule has 42 valence electrons. The van der Waals surface area contributed by atoms with E-state index < -0.39 is 0 Å². The van der Waals surface area contributed by atoms with Crippen LogP contribution >= 0.6 is 15.9 Å². The molecule has 1 aliphatic heterocycles. The van der Waals surface area contributed by atoms with Crippen molar-refractivity contribution in [2.24, 2.45) is 5.92 Å². The highest BCUT2D eigenvalue weighted by molar-refractivity contribution is 9.09. The molecule has 2 heteroatoms.